The fourth-order valence-corrected chi connectivity index (χ4v) is 5.59. The van der Waals surface area contributed by atoms with Gasteiger partial charge in [0.25, 0.3) is 17.3 Å². The zero-order chi connectivity index (χ0) is 25.5. The van der Waals surface area contributed by atoms with Crippen LogP contribution in [-0.4, -0.2) is 41.7 Å². The molecule has 1 atom stereocenters. The molecule has 2 N–H and O–H groups in total. The Morgan fingerprint density at radius 2 is 1.77 bits per heavy atom. The number of fused-ring (bicyclic) bond motifs is 1. The quantitative estimate of drug-likeness (QED) is 0.639. The number of aromatic amines is 1. The first-order valence-electron chi connectivity index (χ1n) is 12.7. The lowest BCUT2D eigenvalue weighted by molar-refractivity contribution is -0.123. The molecule has 1 saturated carbocycles. The zero-order valence-corrected chi connectivity index (χ0v) is 22.1. The van der Waals surface area contributed by atoms with E-state index in [1.165, 1.54) is 0 Å². The molecule has 0 spiro atoms. The lowest BCUT2D eigenvalue weighted by atomic mass is 9.81. The topological polar surface area (TPSA) is 83.7 Å². The number of amides is 1. The number of hydrogen-bond donors (Lipinski definition) is 2. The van der Waals surface area contributed by atoms with Crippen LogP contribution in [0.3, 0.4) is 0 Å². The van der Waals surface area contributed by atoms with Gasteiger partial charge in [-0.25, -0.2) is 0 Å². The summed E-state index contributed by atoms with van der Waals surface area (Å²) in [6.45, 7) is 9.91. The second kappa shape index (κ2) is 9.69. The Morgan fingerprint density at radius 1 is 1.11 bits per heavy atom. The van der Waals surface area contributed by atoms with E-state index in [1.807, 2.05) is 39.8 Å². The van der Waals surface area contributed by atoms with Crippen LogP contribution in [0.4, 0.5) is 0 Å². The van der Waals surface area contributed by atoms with Gasteiger partial charge in [0.2, 0.25) is 0 Å². The molecule has 1 aromatic heterocycles. The summed E-state index contributed by atoms with van der Waals surface area (Å²) in [4.78, 5) is 30.7. The van der Waals surface area contributed by atoms with E-state index >= 15 is 0 Å². The SMILES string of the molecule is CCc1cc(C(=O)NCc2c(C)cc(C)[nH]c2=O)c(C)c2c1OC(C)([C@H]1CC[C@H](N(C)C)CC1)O2. The third-order valence-corrected chi connectivity index (χ3v) is 7.88. The van der Waals surface area contributed by atoms with Crippen molar-refractivity contribution in [3.63, 3.8) is 0 Å². The first kappa shape index (κ1) is 25.3. The predicted molar refractivity (Wildman–Crippen MR) is 137 cm³/mol. The maximum Gasteiger partial charge on any atom is 0.253 e. The average Bonchev–Trinajstić information content (AvgIpc) is 3.18. The van der Waals surface area contributed by atoms with Crippen molar-refractivity contribution in [2.24, 2.45) is 5.92 Å². The first-order chi connectivity index (χ1) is 16.5. The van der Waals surface area contributed by atoms with Crippen molar-refractivity contribution in [3.8, 4) is 11.5 Å². The molecule has 0 radical (unpaired) electrons. The van der Waals surface area contributed by atoms with Crippen molar-refractivity contribution in [2.45, 2.75) is 85.1 Å². The van der Waals surface area contributed by atoms with Crippen molar-refractivity contribution in [2.75, 3.05) is 14.1 Å². The first-order valence-corrected chi connectivity index (χ1v) is 12.7. The van der Waals surface area contributed by atoms with Gasteiger partial charge in [0.05, 0.1) is 0 Å². The maximum absolute atomic E-state index is 13.2. The normalized spacial score (nSPS) is 23.5. The van der Waals surface area contributed by atoms with Crippen molar-refractivity contribution in [3.05, 3.63) is 56.0 Å². The minimum Gasteiger partial charge on any atom is -0.448 e. The molecule has 0 bridgehead atoms. The van der Waals surface area contributed by atoms with Crippen LogP contribution in [0.2, 0.25) is 0 Å². The molecule has 1 fully saturated rings. The summed E-state index contributed by atoms with van der Waals surface area (Å²) in [6, 6.07) is 4.43. The van der Waals surface area contributed by atoms with Crippen molar-refractivity contribution in [1.82, 2.24) is 15.2 Å². The number of aromatic nitrogens is 1. The minimum atomic E-state index is -0.726. The number of rotatable bonds is 6. The molecule has 2 heterocycles. The molecule has 1 aliphatic carbocycles. The van der Waals surface area contributed by atoms with Gasteiger partial charge in [-0.1, -0.05) is 6.92 Å². The third-order valence-electron chi connectivity index (χ3n) is 7.88. The van der Waals surface area contributed by atoms with Gasteiger partial charge >= 0.3 is 0 Å². The van der Waals surface area contributed by atoms with Crippen LogP contribution in [0.1, 0.15) is 77.8 Å². The number of nitrogens with one attached hydrogen (secondary N) is 2. The highest BCUT2D eigenvalue weighted by molar-refractivity contribution is 5.97. The van der Waals surface area contributed by atoms with Crippen LogP contribution in [0, 0.1) is 26.7 Å². The number of H-pyrrole nitrogens is 1. The number of pyridine rings is 1. The summed E-state index contributed by atoms with van der Waals surface area (Å²) in [5.41, 5.74) is 4.37. The van der Waals surface area contributed by atoms with Gasteiger partial charge in [-0.15, -0.1) is 0 Å². The Hall–Kier alpha value is -2.80. The molecular formula is C28H39N3O4. The predicted octanol–water partition coefficient (Wildman–Crippen LogP) is 4.40. The van der Waals surface area contributed by atoms with Gasteiger partial charge in [-0.05, 0) is 90.2 Å². The standard InChI is InChI=1S/C28H39N3O4/c1-8-19-14-22(26(32)29-15-23-16(2)13-17(3)30-27(23)33)18(4)24-25(19)35-28(5,34-24)20-9-11-21(12-10-20)31(6)7/h13-14,20-21H,8-12,15H2,1-7H3,(H,29,32)(H,30,33)/t20-,21-,28?. The highest BCUT2D eigenvalue weighted by Crippen LogP contribution is 2.50. The Morgan fingerprint density at radius 3 is 2.37 bits per heavy atom. The zero-order valence-electron chi connectivity index (χ0n) is 22.1. The largest absolute Gasteiger partial charge is 0.448 e. The monoisotopic (exact) mass is 481 g/mol. The molecule has 1 unspecified atom stereocenters. The lowest BCUT2D eigenvalue weighted by Gasteiger charge is -2.39. The number of benzene rings is 1. The Kier molecular flexibility index (Phi) is 7.00. The molecule has 2 aliphatic rings. The smallest absolute Gasteiger partial charge is 0.253 e. The van der Waals surface area contributed by atoms with E-state index in [9.17, 15) is 9.59 Å². The lowest BCUT2D eigenvalue weighted by Crippen LogP contribution is -2.46. The van der Waals surface area contributed by atoms with Gasteiger partial charge < -0.3 is 24.7 Å². The molecule has 7 heteroatoms. The van der Waals surface area contributed by atoms with Crippen LogP contribution in [0.15, 0.2) is 16.9 Å². The average molecular weight is 482 g/mol. The second-order valence-corrected chi connectivity index (χ2v) is 10.5. The number of carbonyl (C=O) groups is 1. The molecular weight excluding hydrogens is 442 g/mol. The van der Waals surface area contributed by atoms with E-state index in [0.29, 0.717) is 28.8 Å². The number of aryl methyl sites for hydroxylation is 3. The van der Waals surface area contributed by atoms with Crippen LogP contribution >= 0.6 is 0 Å². The summed E-state index contributed by atoms with van der Waals surface area (Å²) in [5.74, 6) is 0.794. The molecule has 2 aromatic rings. The van der Waals surface area contributed by atoms with Gasteiger partial charge in [-0.2, -0.15) is 0 Å². The van der Waals surface area contributed by atoms with E-state index in [0.717, 1.165) is 60.2 Å². The van der Waals surface area contributed by atoms with Crippen LogP contribution < -0.4 is 20.3 Å². The van der Waals surface area contributed by atoms with Gasteiger partial charge in [0.15, 0.2) is 11.5 Å². The number of carbonyl (C=O) groups excluding carboxylic acids is 1. The molecule has 1 aromatic carbocycles. The molecule has 1 aliphatic heterocycles. The second-order valence-electron chi connectivity index (χ2n) is 10.5. The van der Waals surface area contributed by atoms with Crippen molar-refractivity contribution >= 4 is 5.91 Å². The third kappa shape index (κ3) is 4.83. The molecule has 35 heavy (non-hydrogen) atoms. The fraction of sp³-hybridized carbons (Fsp3) is 0.571. The molecule has 0 saturated heterocycles. The number of hydrogen-bond acceptors (Lipinski definition) is 5. The Labute approximate surface area is 208 Å². The highest BCUT2D eigenvalue weighted by Gasteiger charge is 2.47. The molecule has 7 nitrogen and oxygen atoms in total. The van der Waals surface area contributed by atoms with E-state index in [1.54, 1.807) is 0 Å². The maximum atomic E-state index is 13.2. The minimum absolute atomic E-state index is 0.167. The molecule has 190 valence electrons. The van der Waals surface area contributed by atoms with Crippen LogP contribution in [0.5, 0.6) is 11.5 Å². The summed E-state index contributed by atoms with van der Waals surface area (Å²) < 4.78 is 13.1. The summed E-state index contributed by atoms with van der Waals surface area (Å²) in [6.07, 6.45) is 5.08. The Balaban J connectivity index is 1.55. The van der Waals surface area contributed by atoms with Gasteiger partial charge in [-0.3, -0.25) is 9.59 Å². The van der Waals surface area contributed by atoms with Crippen LogP contribution in [0.25, 0.3) is 0 Å². The van der Waals surface area contributed by atoms with E-state index in [2.05, 4.69) is 36.2 Å². The molecule has 4 rings (SSSR count). The summed E-state index contributed by atoms with van der Waals surface area (Å²) in [7, 11) is 4.29. The number of nitrogens with zero attached hydrogens (tertiary/aromatic N) is 1. The summed E-state index contributed by atoms with van der Waals surface area (Å²) >= 11 is 0. The van der Waals surface area contributed by atoms with E-state index in [-0.39, 0.29) is 18.0 Å². The van der Waals surface area contributed by atoms with Crippen molar-refractivity contribution in [1.29, 1.82) is 0 Å². The van der Waals surface area contributed by atoms with Gasteiger partial charge in [0, 0.05) is 47.8 Å². The Bertz CT molecular complexity index is 1180. The van der Waals surface area contributed by atoms with E-state index in [4.69, 9.17) is 9.47 Å². The van der Waals surface area contributed by atoms with Crippen molar-refractivity contribution < 1.29 is 14.3 Å². The van der Waals surface area contributed by atoms with Gasteiger partial charge in [0.1, 0.15) is 0 Å². The van der Waals surface area contributed by atoms with E-state index < -0.39 is 5.79 Å². The molecule has 1 amide bonds. The fourth-order valence-electron chi connectivity index (χ4n) is 5.59. The van der Waals surface area contributed by atoms with Crippen LogP contribution in [-0.2, 0) is 13.0 Å². The summed E-state index contributed by atoms with van der Waals surface area (Å²) in [5, 5.41) is 2.94. The highest BCUT2D eigenvalue weighted by atomic mass is 16.7. The number of ether oxygens (including phenoxy) is 2.